The Bertz CT molecular complexity index is 431. The largest absolute Gasteiger partial charge is 0.371 e. The van der Waals surface area contributed by atoms with Crippen LogP contribution in [-0.2, 0) is 6.42 Å². The van der Waals surface area contributed by atoms with Gasteiger partial charge >= 0.3 is 0 Å². The number of nitrogens with zero attached hydrogens (tertiary/aromatic N) is 1. The summed E-state index contributed by atoms with van der Waals surface area (Å²) in [6, 6.07) is 6.95. The number of rotatable bonds is 3. The van der Waals surface area contributed by atoms with Crippen LogP contribution in [0.2, 0.25) is 0 Å². The Kier molecular flexibility index (Phi) is 3.31. The van der Waals surface area contributed by atoms with Gasteiger partial charge in [0, 0.05) is 18.8 Å². The molecule has 2 heteroatoms. The van der Waals surface area contributed by atoms with Crippen molar-refractivity contribution in [1.29, 1.82) is 0 Å². The molecular weight excluding hydrogens is 238 g/mol. The lowest BCUT2D eigenvalue weighted by molar-refractivity contribution is 0.175. The van der Waals surface area contributed by atoms with Crippen molar-refractivity contribution in [2.75, 3.05) is 23.7 Å². The third-order valence-electron chi connectivity index (χ3n) is 4.73. The Hall–Kier alpha value is -0.630. The monoisotopic (exact) mass is 261 g/mol. The normalized spacial score (nSPS) is 21.3. The van der Waals surface area contributed by atoms with Crippen molar-refractivity contribution in [3.05, 3.63) is 29.3 Å². The van der Waals surface area contributed by atoms with E-state index >= 15 is 0 Å². The van der Waals surface area contributed by atoms with Gasteiger partial charge in [-0.2, -0.15) is 12.6 Å². The summed E-state index contributed by atoms with van der Waals surface area (Å²) in [5, 5.41) is 0. The van der Waals surface area contributed by atoms with E-state index in [1.165, 1.54) is 56.4 Å². The van der Waals surface area contributed by atoms with E-state index in [2.05, 4.69) is 42.7 Å². The zero-order chi connectivity index (χ0) is 12.6. The fraction of sp³-hybridized carbons (Fsp3) is 0.625. The zero-order valence-corrected chi connectivity index (χ0v) is 12.2. The molecule has 0 bridgehead atoms. The molecule has 1 heterocycles. The van der Waals surface area contributed by atoms with Gasteiger partial charge in [0.1, 0.15) is 0 Å². The van der Waals surface area contributed by atoms with Crippen LogP contribution < -0.4 is 4.90 Å². The predicted molar refractivity (Wildman–Crippen MR) is 81.9 cm³/mol. The molecule has 1 aromatic rings. The second-order valence-electron chi connectivity index (χ2n) is 6.17. The first-order chi connectivity index (χ1) is 8.72. The van der Waals surface area contributed by atoms with E-state index in [-0.39, 0.29) is 0 Å². The highest BCUT2D eigenvalue weighted by Gasteiger charge is 2.37. The summed E-state index contributed by atoms with van der Waals surface area (Å²) in [5.41, 5.74) is 4.93. The number of hydrogen-bond donors (Lipinski definition) is 1. The summed E-state index contributed by atoms with van der Waals surface area (Å²) >= 11 is 4.59. The van der Waals surface area contributed by atoms with Gasteiger partial charge in [-0.15, -0.1) is 0 Å². The van der Waals surface area contributed by atoms with Gasteiger partial charge in [0.25, 0.3) is 0 Å². The molecule has 0 saturated heterocycles. The molecule has 0 amide bonds. The summed E-state index contributed by atoms with van der Waals surface area (Å²) in [5.74, 6) is 1.05. The van der Waals surface area contributed by atoms with Crippen molar-refractivity contribution in [3.8, 4) is 0 Å². The number of hydrogen-bond acceptors (Lipinski definition) is 2. The molecule has 2 aliphatic rings. The number of aryl methyl sites for hydroxylation is 2. The van der Waals surface area contributed by atoms with Gasteiger partial charge in [0.05, 0.1) is 0 Å². The maximum Gasteiger partial charge on any atom is 0.0399 e. The zero-order valence-electron chi connectivity index (χ0n) is 11.3. The highest BCUT2D eigenvalue weighted by atomic mass is 32.1. The summed E-state index contributed by atoms with van der Waals surface area (Å²) in [6.07, 6.45) is 6.69. The molecule has 1 aromatic carbocycles. The lowest BCUT2D eigenvalue weighted by atomic mass is 9.69. The third-order valence-corrected chi connectivity index (χ3v) is 5.40. The van der Waals surface area contributed by atoms with Crippen molar-refractivity contribution >= 4 is 18.3 Å². The van der Waals surface area contributed by atoms with E-state index in [0.717, 1.165) is 5.75 Å². The molecule has 0 radical (unpaired) electrons. The van der Waals surface area contributed by atoms with E-state index in [4.69, 9.17) is 0 Å². The van der Waals surface area contributed by atoms with Crippen LogP contribution in [0.4, 0.5) is 5.69 Å². The topological polar surface area (TPSA) is 3.24 Å². The van der Waals surface area contributed by atoms with Crippen molar-refractivity contribution in [1.82, 2.24) is 0 Å². The summed E-state index contributed by atoms with van der Waals surface area (Å²) in [6.45, 7) is 4.64. The molecule has 98 valence electrons. The van der Waals surface area contributed by atoms with Gasteiger partial charge in [0.2, 0.25) is 0 Å². The van der Waals surface area contributed by atoms with Crippen LogP contribution in [0.1, 0.15) is 36.8 Å². The lowest BCUT2D eigenvalue weighted by Crippen LogP contribution is -2.45. The summed E-state index contributed by atoms with van der Waals surface area (Å²) in [7, 11) is 0. The Labute approximate surface area is 116 Å². The third kappa shape index (κ3) is 2.16. The summed E-state index contributed by atoms with van der Waals surface area (Å²) < 4.78 is 0. The molecule has 1 fully saturated rings. The van der Waals surface area contributed by atoms with Gasteiger partial charge in [-0.1, -0.05) is 24.1 Å². The standard InChI is InChI=1S/C16H23NS/c1-13-5-6-15-14(10-13)4-2-9-17(15)11-16(12-18)7-3-8-16/h5-6,10,18H,2-4,7-9,11-12H2,1H3. The fourth-order valence-electron chi connectivity index (χ4n) is 3.42. The molecule has 0 N–H and O–H groups in total. The van der Waals surface area contributed by atoms with Crippen LogP contribution in [0, 0.1) is 12.3 Å². The number of anilines is 1. The van der Waals surface area contributed by atoms with Crippen molar-refractivity contribution in [2.45, 2.75) is 39.0 Å². The van der Waals surface area contributed by atoms with Crippen LogP contribution in [-0.4, -0.2) is 18.8 Å². The Morgan fingerprint density at radius 3 is 2.78 bits per heavy atom. The number of fused-ring (bicyclic) bond motifs is 1. The first kappa shape index (κ1) is 12.4. The Morgan fingerprint density at radius 1 is 1.28 bits per heavy atom. The first-order valence-electron chi connectivity index (χ1n) is 7.18. The van der Waals surface area contributed by atoms with Gasteiger partial charge in [0.15, 0.2) is 0 Å². The van der Waals surface area contributed by atoms with E-state index in [1.807, 2.05) is 0 Å². The minimum absolute atomic E-state index is 0.503. The fourth-order valence-corrected chi connectivity index (χ4v) is 3.83. The molecule has 0 unspecified atom stereocenters. The van der Waals surface area contributed by atoms with Gasteiger partial charge in [-0.3, -0.25) is 0 Å². The SMILES string of the molecule is Cc1ccc2c(c1)CCCN2CC1(CS)CCC1. The van der Waals surface area contributed by atoms with E-state index < -0.39 is 0 Å². The number of thiol groups is 1. The van der Waals surface area contributed by atoms with Crippen LogP contribution in [0.3, 0.4) is 0 Å². The second-order valence-corrected chi connectivity index (χ2v) is 6.49. The quantitative estimate of drug-likeness (QED) is 0.809. The Morgan fingerprint density at radius 2 is 2.11 bits per heavy atom. The van der Waals surface area contributed by atoms with Gasteiger partial charge < -0.3 is 4.90 Å². The maximum atomic E-state index is 4.59. The average Bonchev–Trinajstić information content (AvgIpc) is 2.33. The molecule has 0 spiro atoms. The minimum atomic E-state index is 0.503. The van der Waals surface area contributed by atoms with Crippen molar-refractivity contribution < 1.29 is 0 Å². The molecule has 1 aliphatic heterocycles. The Balaban J connectivity index is 1.83. The molecule has 3 rings (SSSR count). The molecule has 18 heavy (non-hydrogen) atoms. The van der Waals surface area contributed by atoms with Crippen LogP contribution in [0.15, 0.2) is 18.2 Å². The molecule has 0 atom stereocenters. The second kappa shape index (κ2) is 4.80. The van der Waals surface area contributed by atoms with Gasteiger partial charge in [-0.25, -0.2) is 0 Å². The highest BCUT2D eigenvalue weighted by Crippen LogP contribution is 2.44. The predicted octanol–water partition coefficient (Wildman–Crippen LogP) is 3.85. The van der Waals surface area contributed by atoms with Crippen molar-refractivity contribution in [3.63, 3.8) is 0 Å². The molecule has 1 saturated carbocycles. The van der Waals surface area contributed by atoms with Crippen molar-refractivity contribution in [2.24, 2.45) is 5.41 Å². The first-order valence-corrected chi connectivity index (χ1v) is 7.81. The average molecular weight is 261 g/mol. The smallest absolute Gasteiger partial charge is 0.0399 e. The van der Waals surface area contributed by atoms with E-state index in [9.17, 15) is 0 Å². The number of benzene rings is 1. The molecule has 0 aromatic heterocycles. The van der Waals surface area contributed by atoms with Crippen LogP contribution in [0.5, 0.6) is 0 Å². The van der Waals surface area contributed by atoms with Crippen LogP contribution in [0.25, 0.3) is 0 Å². The maximum absolute atomic E-state index is 4.59. The lowest BCUT2D eigenvalue weighted by Gasteiger charge is -2.46. The van der Waals surface area contributed by atoms with E-state index in [0.29, 0.717) is 5.41 Å². The molecule has 1 aliphatic carbocycles. The minimum Gasteiger partial charge on any atom is -0.371 e. The molecule has 1 nitrogen and oxygen atoms in total. The van der Waals surface area contributed by atoms with Crippen LogP contribution >= 0.6 is 12.6 Å². The highest BCUT2D eigenvalue weighted by molar-refractivity contribution is 7.80. The van der Waals surface area contributed by atoms with E-state index in [1.54, 1.807) is 5.56 Å². The van der Waals surface area contributed by atoms with Gasteiger partial charge in [-0.05, 0) is 55.4 Å². The summed E-state index contributed by atoms with van der Waals surface area (Å²) in [4.78, 5) is 2.62. The molecular formula is C16H23NS.